The second-order valence-electron chi connectivity index (χ2n) is 7.69. The van der Waals surface area contributed by atoms with E-state index in [1.54, 1.807) is 24.3 Å². The number of sulfonamides is 1. The lowest BCUT2D eigenvalue weighted by Gasteiger charge is -2.26. The third kappa shape index (κ3) is 7.67. The highest BCUT2D eigenvalue weighted by molar-refractivity contribution is 9.10. The molecule has 0 radical (unpaired) electrons. The van der Waals surface area contributed by atoms with Gasteiger partial charge in [0.2, 0.25) is 15.9 Å². The highest BCUT2D eigenvalue weighted by Gasteiger charge is 2.26. The average molecular weight is 524 g/mol. The van der Waals surface area contributed by atoms with Gasteiger partial charge in [-0.05, 0) is 49.2 Å². The number of hydrogen-bond acceptors (Lipinski definition) is 5. The lowest BCUT2D eigenvalue weighted by atomic mass is 10.1. The van der Waals surface area contributed by atoms with Crippen molar-refractivity contribution >= 4 is 31.9 Å². The maximum atomic E-state index is 13.2. The second kappa shape index (κ2) is 12.5. The van der Waals surface area contributed by atoms with Crippen LogP contribution in [0.15, 0.2) is 64.0 Å². The average Bonchev–Trinajstić information content (AvgIpc) is 2.81. The Hall–Kier alpha value is -1.78. The third-order valence-corrected chi connectivity index (χ3v) is 7.73. The number of hydrogen-bond donors (Lipinski definition) is 1. The van der Waals surface area contributed by atoms with Crippen molar-refractivity contribution in [3.63, 3.8) is 0 Å². The number of ether oxygens (including phenoxy) is 1. The number of nitrogens with one attached hydrogen (secondary N) is 1. The first-order valence-corrected chi connectivity index (χ1v) is 13.0. The van der Waals surface area contributed by atoms with E-state index >= 15 is 0 Å². The van der Waals surface area contributed by atoms with Gasteiger partial charge in [0.1, 0.15) is 0 Å². The molecule has 0 bridgehead atoms. The Balaban J connectivity index is 1.59. The molecule has 0 aliphatic carbocycles. The summed E-state index contributed by atoms with van der Waals surface area (Å²) in [6, 6.07) is 16.1. The topological polar surface area (TPSA) is 79.0 Å². The number of amides is 1. The van der Waals surface area contributed by atoms with Crippen LogP contribution in [0.1, 0.15) is 12.0 Å². The number of halogens is 1. The zero-order valence-corrected chi connectivity index (χ0v) is 20.5. The number of benzene rings is 2. The van der Waals surface area contributed by atoms with Crippen molar-refractivity contribution in [3.8, 4) is 0 Å². The number of carbonyl (C=O) groups is 1. The molecule has 32 heavy (non-hydrogen) atoms. The highest BCUT2D eigenvalue weighted by atomic mass is 79.9. The Morgan fingerprint density at radius 3 is 2.44 bits per heavy atom. The van der Waals surface area contributed by atoms with Crippen molar-refractivity contribution in [2.45, 2.75) is 17.7 Å². The van der Waals surface area contributed by atoms with E-state index in [1.165, 1.54) is 4.31 Å². The fraction of sp³-hybridized carbons (Fsp3) is 0.435. The van der Waals surface area contributed by atoms with Gasteiger partial charge in [-0.15, -0.1) is 0 Å². The van der Waals surface area contributed by atoms with Crippen LogP contribution in [0.2, 0.25) is 0 Å². The molecule has 1 fully saturated rings. The molecule has 174 valence electrons. The molecule has 1 heterocycles. The van der Waals surface area contributed by atoms with E-state index in [0.29, 0.717) is 13.0 Å². The molecule has 1 N–H and O–H groups in total. The van der Waals surface area contributed by atoms with E-state index in [1.807, 2.05) is 30.3 Å². The highest BCUT2D eigenvalue weighted by Crippen LogP contribution is 2.19. The molecular formula is C23H30BrN3O4S. The molecule has 0 saturated carbocycles. The second-order valence-corrected chi connectivity index (χ2v) is 10.5. The van der Waals surface area contributed by atoms with Crippen molar-refractivity contribution in [1.29, 1.82) is 0 Å². The quantitative estimate of drug-likeness (QED) is 0.458. The van der Waals surface area contributed by atoms with Crippen molar-refractivity contribution in [1.82, 2.24) is 14.5 Å². The summed E-state index contributed by atoms with van der Waals surface area (Å²) in [6.07, 6.45) is 1.34. The Morgan fingerprint density at radius 1 is 1.06 bits per heavy atom. The molecule has 7 nitrogen and oxygen atoms in total. The summed E-state index contributed by atoms with van der Waals surface area (Å²) in [5.41, 5.74) is 1.02. The van der Waals surface area contributed by atoms with E-state index in [-0.39, 0.29) is 23.9 Å². The molecule has 1 saturated heterocycles. The van der Waals surface area contributed by atoms with Gasteiger partial charge in [0.25, 0.3) is 0 Å². The van der Waals surface area contributed by atoms with Gasteiger partial charge < -0.3 is 10.1 Å². The molecule has 0 atom stereocenters. The molecule has 3 rings (SSSR count). The molecular weight excluding hydrogens is 494 g/mol. The monoisotopic (exact) mass is 523 g/mol. The van der Waals surface area contributed by atoms with Gasteiger partial charge in [-0.2, -0.15) is 4.31 Å². The van der Waals surface area contributed by atoms with Crippen LogP contribution in [-0.2, 0) is 26.0 Å². The molecule has 1 aliphatic rings. The van der Waals surface area contributed by atoms with Gasteiger partial charge in [-0.25, -0.2) is 8.42 Å². The molecule has 1 amide bonds. The number of rotatable bonds is 11. The van der Waals surface area contributed by atoms with Gasteiger partial charge in [-0.3, -0.25) is 9.69 Å². The standard InChI is InChI=1S/C23H30BrN3O4S/c24-21-7-9-22(10-8-21)32(29,30)27(14-11-20-5-2-1-3-6-20)19-23(28)25-12-4-13-26-15-17-31-18-16-26/h1-3,5-10H,4,11-19H2,(H,25,28). The largest absolute Gasteiger partial charge is 0.379 e. The molecule has 0 spiro atoms. The van der Waals surface area contributed by atoms with Crippen LogP contribution in [0.25, 0.3) is 0 Å². The van der Waals surface area contributed by atoms with Gasteiger partial charge in [-0.1, -0.05) is 46.3 Å². The minimum Gasteiger partial charge on any atom is -0.379 e. The first-order valence-electron chi connectivity index (χ1n) is 10.8. The third-order valence-electron chi connectivity index (χ3n) is 5.34. The van der Waals surface area contributed by atoms with Crippen LogP contribution < -0.4 is 5.32 Å². The summed E-state index contributed by atoms with van der Waals surface area (Å²) in [4.78, 5) is 15.1. The minimum absolute atomic E-state index is 0.175. The van der Waals surface area contributed by atoms with Gasteiger partial charge in [0.05, 0.1) is 24.7 Å². The molecule has 2 aromatic carbocycles. The smallest absolute Gasteiger partial charge is 0.243 e. The first-order chi connectivity index (χ1) is 15.4. The van der Waals surface area contributed by atoms with Crippen molar-refractivity contribution in [2.24, 2.45) is 0 Å². The van der Waals surface area contributed by atoms with Crippen molar-refractivity contribution < 1.29 is 17.9 Å². The normalized spacial score (nSPS) is 15.1. The van der Waals surface area contributed by atoms with Gasteiger partial charge in [0.15, 0.2) is 0 Å². The van der Waals surface area contributed by atoms with E-state index in [0.717, 1.165) is 49.3 Å². The first kappa shape index (κ1) is 24.9. The zero-order chi connectivity index (χ0) is 22.8. The summed E-state index contributed by atoms with van der Waals surface area (Å²) in [6.45, 7) is 4.73. The van der Waals surface area contributed by atoms with Crippen LogP contribution in [0.4, 0.5) is 0 Å². The lowest BCUT2D eigenvalue weighted by Crippen LogP contribution is -2.42. The van der Waals surface area contributed by atoms with Crippen LogP contribution in [0, 0.1) is 0 Å². The Morgan fingerprint density at radius 2 is 1.75 bits per heavy atom. The minimum atomic E-state index is -3.80. The van der Waals surface area contributed by atoms with Gasteiger partial charge >= 0.3 is 0 Å². The number of morpholine rings is 1. The summed E-state index contributed by atoms with van der Waals surface area (Å²) in [7, 11) is -3.80. The maximum absolute atomic E-state index is 13.2. The van der Waals surface area contributed by atoms with E-state index < -0.39 is 10.0 Å². The summed E-state index contributed by atoms with van der Waals surface area (Å²) >= 11 is 3.33. The zero-order valence-electron chi connectivity index (χ0n) is 18.1. The summed E-state index contributed by atoms with van der Waals surface area (Å²) in [5.74, 6) is -0.291. The Bertz CT molecular complexity index is 949. The fourth-order valence-electron chi connectivity index (χ4n) is 3.51. The number of nitrogens with zero attached hydrogens (tertiary/aromatic N) is 2. The molecule has 0 unspecified atom stereocenters. The van der Waals surface area contributed by atoms with E-state index in [2.05, 4.69) is 26.1 Å². The van der Waals surface area contributed by atoms with Crippen LogP contribution >= 0.6 is 15.9 Å². The SMILES string of the molecule is O=C(CN(CCc1ccccc1)S(=O)(=O)c1ccc(Br)cc1)NCCCN1CCOCC1. The van der Waals surface area contributed by atoms with Crippen LogP contribution in [-0.4, -0.2) is 76.0 Å². The molecule has 0 aromatic heterocycles. The summed E-state index contributed by atoms with van der Waals surface area (Å²) < 4.78 is 33.9. The van der Waals surface area contributed by atoms with E-state index in [9.17, 15) is 13.2 Å². The van der Waals surface area contributed by atoms with E-state index in [4.69, 9.17) is 4.74 Å². The van der Waals surface area contributed by atoms with Gasteiger partial charge in [0, 0.05) is 30.7 Å². The molecule has 2 aromatic rings. The predicted molar refractivity (Wildman–Crippen MR) is 128 cm³/mol. The lowest BCUT2D eigenvalue weighted by molar-refractivity contribution is -0.121. The van der Waals surface area contributed by atoms with Crippen molar-refractivity contribution in [2.75, 3.05) is 52.5 Å². The Labute approximate surface area is 198 Å². The van der Waals surface area contributed by atoms with Crippen LogP contribution in [0.3, 0.4) is 0 Å². The number of carbonyl (C=O) groups excluding carboxylic acids is 1. The predicted octanol–water partition coefficient (Wildman–Crippen LogP) is 2.52. The summed E-state index contributed by atoms with van der Waals surface area (Å²) in [5, 5.41) is 2.87. The van der Waals surface area contributed by atoms with Crippen molar-refractivity contribution in [3.05, 3.63) is 64.6 Å². The molecule has 9 heteroatoms. The maximum Gasteiger partial charge on any atom is 0.243 e. The fourth-order valence-corrected chi connectivity index (χ4v) is 5.17. The Kier molecular flexibility index (Phi) is 9.68. The van der Waals surface area contributed by atoms with Crippen LogP contribution in [0.5, 0.6) is 0 Å². The molecule has 1 aliphatic heterocycles.